The van der Waals surface area contributed by atoms with Gasteiger partial charge < -0.3 is 5.11 Å². The van der Waals surface area contributed by atoms with E-state index in [0.717, 1.165) is 10.0 Å². The van der Waals surface area contributed by atoms with Gasteiger partial charge in [0.25, 0.3) is 0 Å². The molecule has 0 aliphatic rings. The van der Waals surface area contributed by atoms with E-state index in [1.165, 1.54) is 0 Å². The predicted octanol–water partition coefficient (Wildman–Crippen LogP) is 3.93. The highest BCUT2D eigenvalue weighted by atomic mass is 79.9. The molecule has 66 valence electrons. The first-order chi connectivity index (χ1) is 5.52. The molecule has 0 amide bonds. The number of phenols is 1. The number of hydrogen-bond donors (Lipinski definition) is 1. The van der Waals surface area contributed by atoms with E-state index in [1.54, 1.807) is 6.07 Å². The molecule has 0 radical (unpaired) electrons. The molecule has 0 heterocycles. The van der Waals surface area contributed by atoms with Crippen molar-refractivity contribution in [2.75, 3.05) is 0 Å². The second kappa shape index (κ2) is 3.67. The van der Waals surface area contributed by atoms with Crippen molar-refractivity contribution in [2.45, 2.75) is 19.8 Å². The van der Waals surface area contributed by atoms with E-state index in [4.69, 9.17) is 11.6 Å². The van der Waals surface area contributed by atoms with E-state index in [-0.39, 0.29) is 5.75 Å². The Hall–Kier alpha value is -0.210. The van der Waals surface area contributed by atoms with Gasteiger partial charge in [-0.05, 0) is 39.5 Å². The molecule has 1 N–H and O–H groups in total. The van der Waals surface area contributed by atoms with Gasteiger partial charge in [-0.3, -0.25) is 0 Å². The van der Waals surface area contributed by atoms with Gasteiger partial charge in [0.05, 0.1) is 5.02 Å². The lowest BCUT2D eigenvalue weighted by molar-refractivity contribution is 0.474. The van der Waals surface area contributed by atoms with Crippen LogP contribution < -0.4 is 0 Å². The quantitative estimate of drug-likeness (QED) is 0.799. The summed E-state index contributed by atoms with van der Waals surface area (Å²) in [5.41, 5.74) is 1.07. The van der Waals surface area contributed by atoms with Crippen molar-refractivity contribution >= 4 is 27.5 Å². The minimum Gasteiger partial charge on any atom is -0.506 e. The Morgan fingerprint density at radius 1 is 1.42 bits per heavy atom. The van der Waals surface area contributed by atoms with Crippen molar-refractivity contribution in [3.63, 3.8) is 0 Å². The molecule has 0 spiro atoms. The van der Waals surface area contributed by atoms with Crippen molar-refractivity contribution in [3.8, 4) is 5.75 Å². The van der Waals surface area contributed by atoms with Gasteiger partial charge in [0.2, 0.25) is 0 Å². The first kappa shape index (κ1) is 9.87. The number of benzene rings is 1. The minimum absolute atomic E-state index is 0.134. The highest BCUT2D eigenvalue weighted by molar-refractivity contribution is 9.10. The van der Waals surface area contributed by atoms with Gasteiger partial charge in [0, 0.05) is 4.47 Å². The molecule has 1 nitrogen and oxygen atoms in total. The summed E-state index contributed by atoms with van der Waals surface area (Å²) in [5, 5.41) is 9.74. The molecule has 12 heavy (non-hydrogen) atoms. The van der Waals surface area contributed by atoms with E-state index in [9.17, 15) is 5.11 Å². The van der Waals surface area contributed by atoms with Gasteiger partial charge in [0.1, 0.15) is 5.75 Å². The number of phenolic OH excluding ortho intramolecular Hbond substituents is 1. The first-order valence-corrected chi connectivity index (χ1v) is 4.87. The Morgan fingerprint density at radius 2 is 2.00 bits per heavy atom. The average molecular weight is 250 g/mol. The summed E-state index contributed by atoms with van der Waals surface area (Å²) in [4.78, 5) is 0. The lowest BCUT2D eigenvalue weighted by atomic mass is 10.0. The standard InChI is InChI=1S/C9H10BrClO/c1-5(2)6-3-7(10)9(11)8(12)4-6/h3-5,12H,1-2H3. The fourth-order valence-corrected chi connectivity index (χ4v) is 1.50. The number of rotatable bonds is 1. The zero-order valence-corrected chi connectivity index (χ0v) is 9.28. The monoisotopic (exact) mass is 248 g/mol. The molecule has 0 atom stereocenters. The molecule has 0 aliphatic heterocycles. The van der Waals surface area contributed by atoms with Crippen LogP contribution in [0.3, 0.4) is 0 Å². The molecule has 1 aromatic carbocycles. The third-order valence-corrected chi connectivity index (χ3v) is 2.95. The zero-order valence-electron chi connectivity index (χ0n) is 6.94. The van der Waals surface area contributed by atoms with Gasteiger partial charge in [-0.2, -0.15) is 0 Å². The summed E-state index contributed by atoms with van der Waals surface area (Å²) >= 11 is 9.03. The van der Waals surface area contributed by atoms with Crippen LogP contribution in [-0.2, 0) is 0 Å². The molecule has 0 unspecified atom stereocenters. The Labute approximate surface area is 85.5 Å². The number of halogens is 2. The first-order valence-electron chi connectivity index (χ1n) is 3.70. The van der Waals surface area contributed by atoms with Crippen LogP contribution in [0.25, 0.3) is 0 Å². The third-order valence-electron chi connectivity index (χ3n) is 1.70. The highest BCUT2D eigenvalue weighted by Crippen LogP contribution is 2.34. The van der Waals surface area contributed by atoms with Crippen LogP contribution in [0, 0.1) is 0 Å². The summed E-state index contributed by atoms with van der Waals surface area (Å²) in [6.07, 6.45) is 0. The van der Waals surface area contributed by atoms with Gasteiger partial charge >= 0.3 is 0 Å². The van der Waals surface area contributed by atoms with Gasteiger partial charge in [-0.1, -0.05) is 25.4 Å². The molecule has 0 aliphatic carbocycles. The summed E-state index contributed by atoms with van der Waals surface area (Å²) in [6, 6.07) is 3.62. The Kier molecular flexibility index (Phi) is 3.02. The Morgan fingerprint density at radius 3 is 2.42 bits per heavy atom. The second-order valence-corrected chi connectivity index (χ2v) is 4.22. The van der Waals surface area contributed by atoms with Crippen LogP contribution in [0.5, 0.6) is 5.75 Å². The van der Waals surface area contributed by atoms with Crippen LogP contribution in [-0.4, -0.2) is 5.11 Å². The summed E-state index contributed by atoms with van der Waals surface area (Å²) < 4.78 is 0.743. The molecule has 1 aromatic rings. The van der Waals surface area contributed by atoms with E-state index in [0.29, 0.717) is 10.9 Å². The van der Waals surface area contributed by atoms with Crippen LogP contribution in [0.2, 0.25) is 5.02 Å². The average Bonchev–Trinajstić information content (AvgIpc) is 1.99. The van der Waals surface area contributed by atoms with Crippen LogP contribution >= 0.6 is 27.5 Å². The third kappa shape index (κ3) is 1.93. The fraction of sp³-hybridized carbons (Fsp3) is 0.333. The minimum atomic E-state index is 0.134. The molecule has 0 fully saturated rings. The Balaban J connectivity index is 3.21. The zero-order chi connectivity index (χ0) is 9.30. The van der Waals surface area contributed by atoms with Crippen molar-refractivity contribution < 1.29 is 5.11 Å². The van der Waals surface area contributed by atoms with Crippen LogP contribution in [0.4, 0.5) is 0 Å². The molecule has 0 aromatic heterocycles. The SMILES string of the molecule is CC(C)c1cc(O)c(Cl)c(Br)c1. The molecule has 1 rings (SSSR count). The molecule has 3 heteroatoms. The van der Waals surface area contributed by atoms with Crippen molar-refractivity contribution in [3.05, 3.63) is 27.2 Å². The summed E-state index contributed by atoms with van der Waals surface area (Å²) in [7, 11) is 0. The van der Waals surface area contributed by atoms with E-state index >= 15 is 0 Å². The summed E-state index contributed by atoms with van der Waals surface area (Å²) in [6.45, 7) is 4.13. The maximum absolute atomic E-state index is 9.37. The molecule has 0 saturated carbocycles. The van der Waals surface area contributed by atoms with Gasteiger partial charge in [0.15, 0.2) is 0 Å². The van der Waals surface area contributed by atoms with E-state index in [2.05, 4.69) is 29.8 Å². The largest absolute Gasteiger partial charge is 0.506 e. The van der Waals surface area contributed by atoms with Crippen molar-refractivity contribution in [2.24, 2.45) is 0 Å². The maximum atomic E-state index is 9.37. The van der Waals surface area contributed by atoms with Crippen molar-refractivity contribution in [1.29, 1.82) is 0 Å². The molecular weight excluding hydrogens is 239 g/mol. The lowest BCUT2D eigenvalue weighted by Crippen LogP contribution is -1.87. The predicted molar refractivity (Wildman–Crippen MR) is 54.9 cm³/mol. The molecule has 0 bridgehead atoms. The van der Waals surface area contributed by atoms with Gasteiger partial charge in [-0.25, -0.2) is 0 Å². The van der Waals surface area contributed by atoms with Crippen LogP contribution in [0.15, 0.2) is 16.6 Å². The lowest BCUT2D eigenvalue weighted by Gasteiger charge is -2.08. The van der Waals surface area contributed by atoms with Crippen molar-refractivity contribution in [1.82, 2.24) is 0 Å². The molecular formula is C9H10BrClO. The Bertz CT molecular complexity index is 274. The smallest absolute Gasteiger partial charge is 0.135 e. The normalized spacial score (nSPS) is 10.8. The van der Waals surface area contributed by atoms with E-state index in [1.807, 2.05) is 6.07 Å². The second-order valence-electron chi connectivity index (χ2n) is 2.99. The number of hydrogen-bond acceptors (Lipinski definition) is 1. The topological polar surface area (TPSA) is 20.2 Å². The van der Waals surface area contributed by atoms with Gasteiger partial charge in [-0.15, -0.1) is 0 Å². The highest BCUT2D eigenvalue weighted by Gasteiger charge is 2.07. The number of aromatic hydroxyl groups is 1. The van der Waals surface area contributed by atoms with E-state index < -0.39 is 0 Å². The fourth-order valence-electron chi connectivity index (χ4n) is 0.928. The maximum Gasteiger partial charge on any atom is 0.135 e. The summed E-state index contributed by atoms with van der Waals surface area (Å²) in [5.74, 6) is 0.527. The molecule has 0 saturated heterocycles. The van der Waals surface area contributed by atoms with Crippen LogP contribution in [0.1, 0.15) is 25.3 Å².